The molecule has 0 atom stereocenters. The van der Waals surface area contributed by atoms with Gasteiger partial charge in [0.25, 0.3) is 0 Å². The molecule has 1 aromatic heterocycles. The molecule has 0 saturated carbocycles. The van der Waals surface area contributed by atoms with E-state index in [2.05, 4.69) is 15.7 Å². The number of aromatic nitrogens is 2. The van der Waals surface area contributed by atoms with Crippen LogP contribution < -0.4 is 10.6 Å². The van der Waals surface area contributed by atoms with Crippen LogP contribution in [0, 0.1) is 11.6 Å². The first kappa shape index (κ1) is 25.2. The Labute approximate surface area is 201 Å². The number of likely N-dealkylation sites (N-methyl/N-ethyl adjacent to an activating group) is 1. The zero-order valence-electron chi connectivity index (χ0n) is 19.3. The van der Waals surface area contributed by atoms with E-state index in [1.54, 1.807) is 41.9 Å². The Hall–Kier alpha value is -3.46. The van der Waals surface area contributed by atoms with Crippen molar-refractivity contribution >= 4 is 35.0 Å². The molecule has 10 heteroatoms. The maximum absolute atomic E-state index is 13.4. The van der Waals surface area contributed by atoms with E-state index in [9.17, 15) is 18.4 Å². The van der Waals surface area contributed by atoms with Crippen LogP contribution >= 0.6 is 11.6 Å². The summed E-state index contributed by atoms with van der Waals surface area (Å²) in [5, 5.41) is 10.5. The highest BCUT2D eigenvalue weighted by atomic mass is 35.5. The first-order valence-electron chi connectivity index (χ1n) is 10.6. The van der Waals surface area contributed by atoms with Gasteiger partial charge in [-0.15, -0.1) is 0 Å². The molecule has 34 heavy (non-hydrogen) atoms. The molecule has 0 aliphatic carbocycles. The van der Waals surface area contributed by atoms with Crippen molar-refractivity contribution in [2.45, 2.75) is 33.1 Å². The summed E-state index contributed by atoms with van der Waals surface area (Å²) in [7, 11) is 0. The number of anilines is 2. The van der Waals surface area contributed by atoms with Crippen molar-refractivity contribution < 1.29 is 18.4 Å². The molecule has 2 aromatic carbocycles. The van der Waals surface area contributed by atoms with Crippen molar-refractivity contribution in [3.63, 3.8) is 0 Å². The summed E-state index contributed by atoms with van der Waals surface area (Å²) >= 11 is 6.00. The van der Waals surface area contributed by atoms with Crippen LogP contribution in [0.25, 0.3) is 5.69 Å². The number of amides is 3. The molecular formula is C24H26ClF2N5O2. The predicted molar refractivity (Wildman–Crippen MR) is 129 cm³/mol. The highest BCUT2D eigenvalue weighted by Gasteiger charge is 2.23. The van der Waals surface area contributed by atoms with Gasteiger partial charge in [-0.05, 0) is 43.3 Å². The van der Waals surface area contributed by atoms with Gasteiger partial charge in [-0.1, -0.05) is 32.4 Å². The van der Waals surface area contributed by atoms with Crippen molar-refractivity contribution in [3.8, 4) is 5.69 Å². The van der Waals surface area contributed by atoms with Crippen LogP contribution in [0.2, 0.25) is 5.02 Å². The maximum atomic E-state index is 13.4. The third-order valence-corrected chi connectivity index (χ3v) is 5.24. The Kier molecular flexibility index (Phi) is 7.56. The monoisotopic (exact) mass is 489 g/mol. The number of rotatable bonds is 6. The Morgan fingerprint density at radius 1 is 1.03 bits per heavy atom. The molecule has 3 aromatic rings. The number of nitrogens with one attached hydrogen (secondary N) is 2. The molecule has 180 valence electrons. The highest BCUT2D eigenvalue weighted by Crippen LogP contribution is 2.27. The van der Waals surface area contributed by atoms with Gasteiger partial charge < -0.3 is 15.5 Å². The average molecular weight is 490 g/mol. The van der Waals surface area contributed by atoms with Crippen molar-refractivity contribution in [2.24, 2.45) is 0 Å². The quantitative estimate of drug-likeness (QED) is 0.473. The molecule has 0 saturated heterocycles. The number of carbonyl (C=O) groups excluding carboxylic acids is 2. The molecule has 0 fully saturated rings. The van der Waals surface area contributed by atoms with E-state index in [1.807, 2.05) is 20.8 Å². The lowest BCUT2D eigenvalue weighted by molar-refractivity contribution is -0.116. The Balaban J connectivity index is 1.76. The van der Waals surface area contributed by atoms with E-state index in [1.165, 1.54) is 11.0 Å². The average Bonchev–Trinajstić information content (AvgIpc) is 3.19. The molecule has 0 unspecified atom stereocenters. The molecule has 1 heterocycles. The number of benzene rings is 2. The van der Waals surface area contributed by atoms with Crippen molar-refractivity contribution in [1.82, 2.24) is 14.7 Å². The van der Waals surface area contributed by atoms with Crippen LogP contribution in [0.1, 0.15) is 33.4 Å². The second-order valence-corrected chi connectivity index (χ2v) is 9.11. The number of halogens is 3. The Morgan fingerprint density at radius 3 is 2.29 bits per heavy atom. The lowest BCUT2D eigenvalue weighted by atomic mass is 9.92. The van der Waals surface area contributed by atoms with Crippen LogP contribution in [-0.4, -0.2) is 39.7 Å². The van der Waals surface area contributed by atoms with E-state index in [0.29, 0.717) is 16.5 Å². The number of hydrogen-bond acceptors (Lipinski definition) is 3. The zero-order valence-corrected chi connectivity index (χ0v) is 20.1. The molecule has 0 aliphatic rings. The van der Waals surface area contributed by atoms with E-state index >= 15 is 0 Å². The molecule has 0 bridgehead atoms. The van der Waals surface area contributed by atoms with Crippen molar-refractivity contribution in [3.05, 3.63) is 70.9 Å². The molecular weight excluding hydrogens is 464 g/mol. The fourth-order valence-corrected chi connectivity index (χ4v) is 3.20. The minimum Gasteiger partial charge on any atom is -0.315 e. The van der Waals surface area contributed by atoms with Crippen LogP contribution in [0.4, 0.5) is 25.1 Å². The summed E-state index contributed by atoms with van der Waals surface area (Å²) < 4.78 is 28.2. The lowest BCUT2D eigenvalue weighted by Crippen LogP contribution is -2.40. The fraction of sp³-hybridized carbons (Fsp3) is 0.292. The maximum Gasteiger partial charge on any atom is 0.322 e. The predicted octanol–water partition coefficient (Wildman–Crippen LogP) is 5.59. The molecule has 2 N–H and O–H groups in total. The van der Waals surface area contributed by atoms with Gasteiger partial charge >= 0.3 is 6.03 Å². The van der Waals surface area contributed by atoms with E-state index < -0.39 is 23.6 Å². The smallest absolute Gasteiger partial charge is 0.315 e. The summed E-state index contributed by atoms with van der Waals surface area (Å²) in [5.74, 6) is -2.10. The van der Waals surface area contributed by atoms with Gasteiger partial charge in [0.05, 0.1) is 11.4 Å². The van der Waals surface area contributed by atoms with Crippen molar-refractivity contribution in [2.75, 3.05) is 23.7 Å². The summed E-state index contributed by atoms with van der Waals surface area (Å²) in [4.78, 5) is 26.6. The third-order valence-electron chi connectivity index (χ3n) is 4.99. The summed E-state index contributed by atoms with van der Waals surface area (Å²) in [5.41, 5.74) is 1.29. The van der Waals surface area contributed by atoms with Crippen LogP contribution in [0.3, 0.4) is 0 Å². The number of urea groups is 1. The van der Waals surface area contributed by atoms with Crippen LogP contribution in [0.15, 0.2) is 48.5 Å². The Bertz CT molecular complexity index is 1190. The first-order chi connectivity index (χ1) is 16.0. The van der Waals surface area contributed by atoms with Gasteiger partial charge in [0.2, 0.25) is 5.91 Å². The summed E-state index contributed by atoms with van der Waals surface area (Å²) in [6.45, 7) is 7.68. The van der Waals surface area contributed by atoms with Crippen LogP contribution in [-0.2, 0) is 10.2 Å². The lowest BCUT2D eigenvalue weighted by Gasteiger charge is -2.21. The second-order valence-electron chi connectivity index (χ2n) is 8.67. The second kappa shape index (κ2) is 10.2. The summed E-state index contributed by atoms with van der Waals surface area (Å²) in [6, 6.07) is 11.2. The minimum atomic E-state index is -1.08. The third kappa shape index (κ3) is 6.11. The summed E-state index contributed by atoms with van der Waals surface area (Å²) in [6.07, 6.45) is 0. The fourth-order valence-electron chi connectivity index (χ4n) is 3.08. The Morgan fingerprint density at radius 2 is 1.71 bits per heavy atom. The molecule has 0 aliphatic heterocycles. The van der Waals surface area contributed by atoms with Crippen molar-refractivity contribution in [1.29, 1.82) is 0 Å². The molecule has 3 rings (SSSR count). The van der Waals surface area contributed by atoms with E-state index in [0.717, 1.165) is 17.8 Å². The van der Waals surface area contributed by atoms with Gasteiger partial charge in [0, 0.05) is 34.8 Å². The zero-order chi connectivity index (χ0) is 25.0. The molecule has 0 spiro atoms. The number of nitrogens with zero attached hydrogens (tertiary/aromatic N) is 3. The topological polar surface area (TPSA) is 79.3 Å². The normalized spacial score (nSPS) is 11.3. The minimum absolute atomic E-state index is 0.0818. The van der Waals surface area contributed by atoms with Gasteiger partial charge in [-0.3, -0.25) is 4.79 Å². The van der Waals surface area contributed by atoms with Gasteiger partial charge in [-0.2, -0.15) is 5.10 Å². The molecule has 7 nitrogen and oxygen atoms in total. The van der Waals surface area contributed by atoms with Gasteiger partial charge in [-0.25, -0.2) is 18.3 Å². The van der Waals surface area contributed by atoms with E-state index in [-0.39, 0.29) is 24.2 Å². The highest BCUT2D eigenvalue weighted by molar-refractivity contribution is 6.30. The van der Waals surface area contributed by atoms with Crippen LogP contribution in [0.5, 0.6) is 0 Å². The van der Waals surface area contributed by atoms with Gasteiger partial charge in [0.15, 0.2) is 11.6 Å². The standard InChI is InChI=1S/C24H26ClF2N5O2/c1-5-31(23(34)28-16-8-11-18(26)19(27)12-16)14-22(33)29-21-13-20(24(2,3)4)30-32(21)17-9-6-15(25)7-10-17/h6-13H,5,14H2,1-4H3,(H,28,34)(H,29,33). The van der Waals surface area contributed by atoms with Gasteiger partial charge in [0.1, 0.15) is 12.4 Å². The molecule has 0 radical (unpaired) electrons. The first-order valence-corrected chi connectivity index (χ1v) is 11.0. The number of carbonyl (C=O) groups is 2. The SMILES string of the molecule is CCN(CC(=O)Nc1cc(C(C)(C)C)nn1-c1ccc(Cl)cc1)C(=O)Nc1ccc(F)c(F)c1. The largest absolute Gasteiger partial charge is 0.322 e. The van der Waals surface area contributed by atoms with E-state index in [4.69, 9.17) is 11.6 Å². The molecule has 3 amide bonds. The number of hydrogen-bond donors (Lipinski definition) is 2.